The summed E-state index contributed by atoms with van der Waals surface area (Å²) in [6.45, 7) is 5.58. The molecule has 0 radical (unpaired) electrons. The van der Waals surface area contributed by atoms with E-state index in [1.807, 2.05) is 12.5 Å². The molecule has 1 saturated heterocycles. The van der Waals surface area contributed by atoms with Crippen LogP contribution in [0.3, 0.4) is 0 Å². The highest BCUT2D eigenvalue weighted by Gasteiger charge is 2.35. The molecule has 0 bridgehead atoms. The van der Waals surface area contributed by atoms with Gasteiger partial charge in [-0.2, -0.15) is 0 Å². The summed E-state index contributed by atoms with van der Waals surface area (Å²) in [5.74, 6) is 2.55. The van der Waals surface area contributed by atoms with Crippen LogP contribution in [0.25, 0.3) is 0 Å². The Kier molecular flexibility index (Phi) is 5.76. The number of thioether (sulfide) groups is 2. The van der Waals surface area contributed by atoms with Gasteiger partial charge in [0.05, 0.1) is 10.4 Å². The Morgan fingerprint density at radius 2 is 1.96 bits per heavy atom. The lowest BCUT2D eigenvalue weighted by Gasteiger charge is -2.28. The molecule has 2 heterocycles. The minimum atomic E-state index is 0.315. The Labute approximate surface area is 148 Å². The smallest absolute Gasteiger partial charge is 0.0946 e. The van der Waals surface area contributed by atoms with Crippen molar-refractivity contribution in [3.8, 4) is 0 Å². The molecule has 2 nitrogen and oxygen atoms in total. The lowest BCUT2D eigenvalue weighted by Crippen LogP contribution is -2.25. The molecule has 1 aromatic heterocycles. The number of aromatic nitrogens is 2. The van der Waals surface area contributed by atoms with Gasteiger partial charge in [-0.3, -0.25) is 0 Å². The van der Waals surface area contributed by atoms with E-state index < -0.39 is 0 Å². The van der Waals surface area contributed by atoms with Crippen LogP contribution in [0.15, 0.2) is 36.9 Å². The van der Waals surface area contributed by atoms with Gasteiger partial charge >= 0.3 is 0 Å². The van der Waals surface area contributed by atoms with Crippen LogP contribution in [0.2, 0.25) is 0 Å². The van der Waals surface area contributed by atoms with E-state index in [-0.39, 0.29) is 0 Å². The van der Waals surface area contributed by atoms with Crippen molar-refractivity contribution >= 4 is 23.5 Å². The standard InChI is InChI=1S/C19H26N2S2/c1-3-16-5-6-18(17(4-2)13-16)7-8-19(22-11-12-23-19)14-21-10-9-20-15-21/h5-6,9-10,13,15H,3-4,7-8,11-12,14H2,1-2H3. The Morgan fingerprint density at radius 1 is 1.13 bits per heavy atom. The van der Waals surface area contributed by atoms with Crippen molar-refractivity contribution in [3.05, 3.63) is 53.6 Å². The number of rotatable bonds is 7. The SMILES string of the molecule is CCc1ccc(CCC2(Cn3ccnc3)SCCS2)c(CC)c1. The summed E-state index contributed by atoms with van der Waals surface area (Å²) in [4.78, 5) is 4.20. The molecule has 0 unspecified atom stereocenters. The zero-order valence-electron chi connectivity index (χ0n) is 14.1. The molecule has 2 aromatic rings. The second kappa shape index (κ2) is 7.80. The van der Waals surface area contributed by atoms with Crippen LogP contribution in [0, 0.1) is 0 Å². The molecule has 0 saturated carbocycles. The predicted molar refractivity (Wildman–Crippen MR) is 103 cm³/mol. The molecule has 1 aliphatic rings. The van der Waals surface area contributed by atoms with Gasteiger partial charge in [0.1, 0.15) is 0 Å². The Hall–Kier alpha value is -0.870. The number of nitrogens with zero attached hydrogens (tertiary/aromatic N) is 2. The van der Waals surface area contributed by atoms with Crippen LogP contribution in [0.1, 0.15) is 37.0 Å². The second-order valence-corrected chi connectivity index (χ2v) is 9.37. The summed E-state index contributed by atoms with van der Waals surface area (Å²) in [5.41, 5.74) is 4.54. The van der Waals surface area contributed by atoms with Crippen LogP contribution >= 0.6 is 23.5 Å². The molecular formula is C19H26N2S2. The molecule has 1 fully saturated rings. The van der Waals surface area contributed by atoms with Crippen molar-refractivity contribution in [2.75, 3.05) is 11.5 Å². The first kappa shape index (κ1) is 17.0. The van der Waals surface area contributed by atoms with Gasteiger partial charge in [-0.1, -0.05) is 32.0 Å². The van der Waals surface area contributed by atoms with Gasteiger partial charge in [0.15, 0.2) is 0 Å². The molecule has 1 aliphatic heterocycles. The first-order chi connectivity index (χ1) is 11.2. The Bertz CT molecular complexity index is 616. The van der Waals surface area contributed by atoms with Crippen molar-refractivity contribution in [2.45, 2.75) is 50.2 Å². The van der Waals surface area contributed by atoms with E-state index in [1.54, 1.807) is 5.56 Å². The minimum absolute atomic E-state index is 0.315. The number of hydrogen-bond donors (Lipinski definition) is 0. The van der Waals surface area contributed by atoms with Crippen LogP contribution in [-0.4, -0.2) is 25.1 Å². The summed E-state index contributed by atoms with van der Waals surface area (Å²) in [6, 6.07) is 7.09. The highest BCUT2D eigenvalue weighted by atomic mass is 32.2. The van der Waals surface area contributed by atoms with Crippen LogP contribution < -0.4 is 0 Å². The number of aryl methyl sites for hydroxylation is 3. The zero-order chi connectivity index (χ0) is 16.1. The Morgan fingerprint density at radius 3 is 2.61 bits per heavy atom. The molecule has 0 atom stereocenters. The lowest BCUT2D eigenvalue weighted by molar-refractivity contribution is 0.591. The van der Waals surface area contributed by atoms with Gasteiger partial charge in [-0.15, -0.1) is 23.5 Å². The maximum Gasteiger partial charge on any atom is 0.0946 e. The van der Waals surface area contributed by atoms with Gasteiger partial charge < -0.3 is 4.57 Å². The first-order valence-corrected chi connectivity index (χ1v) is 10.6. The van der Waals surface area contributed by atoms with Gasteiger partial charge in [0.25, 0.3) is 0 Å². The Balaban J connectivity index is 1.72. The quantitative estimate of drug-likeness (QED) is 0.716. The summed E-state index contributed by atoms with van der Waals surface area (Å²) in [5, 5.41) is 0. The molecule has 1 aromatic carbocycles. The fourth-order valence-electron chi connectivity index (χ4n) is 3.27. The van der Waals surface area contributed by atoms with Crippen molar-refractivity contribution in [3.63, 3.8) is 0 Å². The molecular weight excluding hydrogens is 320 g/mol. The van der Waals surface area contributed by atoms with E-state index in [2.05, 4.69) is 71.3 Å². The average Bonchev–Trinajstić information content (AvgIpc) is 3.25. The molecule has 4 heteroatoms. The summed E-state index contributed by atoms with van der Waals surface area (Å²) in [7, 11) is 0. The first-order valence-electron chi connectivity index (χ1n) is 8.59. The topological polar surface area (TPSA) is 17.8 Å². The molecule has 3 rings (SSSR count). The van der Waals surface area contributed by atoms with E-state index >= 15 is 0 Å². The second-order valence-electron chi connectivity index (χ2n) is 6.15. The third kappa shape index (κ3) is 4.16. The van der Waals surface area contributed by atoms with Gasteiger partial charge in [-0.25, -0.2) is 4.98 Å². The van der Waals surface area contributed by atoms with Gasteiger partial charge in [0, 0.05) is 30.4 Å². The normalized spacial score (nSPS) is 16.8. The maximum absolute atomic E-state index is 4.20. The van der Waals surface area contributed by atoms with Crippen molar-refractivity contribution < 1.29 is 0 Å². The van der Waals surface area contributed by atoms with Crippen LogP contribution in [-0.2, 0) is 25.8 Å². The van der Waals surface area contributed by atoms with Crippen molar-refractivity contribution in [2.24, 2.45) is 0 Å². The molecule has 0 aliphatic carbocycles. The summed E-state index contributed by atoms with van der Waals surface area (Å²) < 4.78 is 2.56. The molecule has 0 N–H and O–H groups in total. The molecule has 0 amide bonds. The molecule has 124 valence electrons. The molecule has 23 heavy (non-hydrogen) atoms. The monoisotopic (exact) mass is 346 g/mol. The van der Waals surface area contributed by atoms with E-state index in [1.165, 1.54) is 35.5 Å². The van der Waals surface area contributed by atoms with E-state index in [0.717, 1.165) is 19.4 Å². The van der Waals surface area contributed by atoms with Crippen LogP contribution in [0.4, 0.5) is 0 Å². The van der Waals surface area contributed by atoms with Crippen LogP contribution in [0.5, 0.6) is 0 Å². The summed E-state index contributed by atoms with van der Waals surface area (Å²) >= 11 is 4.29. The van der Waals surface area contributed by atoms with Gasteiger partial charge in [0.2, 0.25) is 0 Å². The third-order valence-corrected chi connectivity index (χ3v) is 8.13. The fourth-order valence-corrected chi connectivity index (χ4v) is 6.48. The van der Waals surface area contributed by atoms with E-state index in [0.29, 0.717) is 4.08 Å². The highest BCUT2D eigenvalue weighted by molar-refractivity contribution is 8.21. The highest BCUT2D eigenvalue weighted by Crippen LogP contribution is 2.48. The number of imidazole rings is 1. The molecule has 0 spiro atoms. The maximum atomic E-state index is 4.20. The van der Waals surface area contributed by atoms with Crippen molar-refractivity contribution in [1.82, 2.24) is 9.55 Å². The van der Waals surface area contributed by atoms with Crippen molar-refractivity contribution in [1.29, 1.82) is 0 Å². The minimum Gasteiger partial charge on any atom is -0.335 e. The van der Waals surface area contributed by atoms with E-state index in [9.17, 15) is 0 Å². The van der Waals surface area contributed by atoms with Gasteiger partial charge in [-0.05, 0) is 42.4 Å². The largest absolute Gasteiger partial charge is 0.335 e. The fraction of sp³-hybridized carbons (Fsp3) is 0.526. The number of benzene rings is 1. The number of hydrogen-bond acceptors (Lipinski definition) is 3. The lowest BCUT2D eigenvalue weighted by atomic mass is 9.96. The third-order valence-electron chi connectivity index (χ3n) is 4.63. The zero-order valence-corrected chi connectivity index (χ0v) is 15.8. The predicted octanol–water partition coefficient (Wildman–Crippen LogP) is 4.82. The summed E-state index contributed by atoms with van der Waals surface area (Å²) in [6.07, 6.45) is 10.6. The van der Waals surface area contributed by atoms with E-state index in [4.69, 9.17) is 0 Å². The average molecular weight is 347 g/mol.